The SMILES string of the molecule is Cc1cccc2nc(CCCl)n(C(C)CCN(C)C)c12. The number of halogens is 1. The zero-order valence-electron chi connectivity index (χ0n) is 12.9. The number of rotatable bonds is 6. The number of alkyl halides is 1. The second kappa shape index (κ2) is 6.59. The van der Waals surface area contributed by atoms with Crippen LogP contribution in [0.1, 0.15) is 30.8 Å². The number of imidazole rings is 1. The number of benzene rings is 1. The highest BCUT2D eigenvalue weighted by Gasteiger charge is 2.16. The molecule has 3 nitrogen and oxygen atoms in total. The molecule has 0 aliphatic rings. The molecule has 1 unspecified atom stereocenters. The zero-order valence-corrected chi connectivity index (χ0v) is 13.6. The van der Waals surface area contributed by atoms with Crippen LogP contribution in [0.3, 0.4) is 0 Å². The molecule has 0 fully saturated rings. The Bertz CT molecular complexity index is 574. The first-order chi connectivity index (χ1) is 9.54. The van der Waals surface area contributed by atoms with Crippen molar-refractivity contribution in [1.82, 2.24) is 14.5 Å². The Labute approximate surface area is 126 Å². The monoisotopic (exact) mass is 293 g/mol. The van der Waals surface area contributed by atoms with E-state index in [1.54, 1.807) is 0 Å². The molecule has 1 heterocycles. The van der Waals surface area contributed by atoms with Crippen molar-refractivity contribution in [2.24, 2.45) is 0 Å². The lowest BCUT2D eigenvalue weighted by Gasteiger charge is -2.20. The highest BCUT2D eigenvalue weighted by atomic mass is 35.5. The van der Waals surface area contributed by atoms with Gasteiger partial charge in [0, 0.05) is 18.3 Å². The molecule has 0 N–H and O–H groups in total. The van der Waals surface area contributed by atoms with Gasteiger partial charge in [0.1, 0.15) is 5.82 Å². The van der Waals surface area contributed by atoms with E-state index in [0.29, 0.717) is 11.9 Å². The van der Waals surface area contributed by atoms with Gasteiger partial charge >= 0.3 is 0 Å². The van der Waals surface area contributed by atoms with Crippen LogP contribution in [0.4, 0.5) is 0 Å². The molecule has 1 aromatic carbocycles. The molecule has 0 radical (unpaired) electrons. The fourth-order valence-electron chi connectivity index (χ4n) is 2.68. The van der Waals surface area contributed by atoms with E-state index in [-0.39, 0.29) is 0 Å². The minimum atomic E-state index is 0.432. The van der Waals surface area contributed by atoms with Crippen LogP contribution < -0.4 is 0 Å². The Morgan fingerprint density at radius 1 is 1.35 bits per heavy atom. The van der Waals surface area contributed by atoms with Crippen LogP contribution >= 0.6 is 11.6 Å². The predicted molar refractivity (Wildman–Crippen MR) is 86.8 cm³/mol. The van der Waals surface area contributed by atoms with Gasteiger partial charge in [0.05, 0.1) is 11.0 Å². The molecule has 1 aromatic heterocycles. The number of hydrogen-bond acceptors (Lipinski definition) is 2. The van der Waals surface area contributed by atoms with Crippen LogP contribution in [-0.2, 0) is 6.42 Å². The van der Waals surface area contributed by atoms with E-state index in [2.05, 4.69) is 55.6 Å². The summed E-state index contributed by atoms with van der Waals surface area (Å²) in [6, 6.07) is 6.75. The molecule has 0 aliphatic carbocycles. The number of nitrogens with zero attached hydrogens (tertiary/aromatic N) is 3. The number of para-hydroxylation sites is 1. The molecule has 0 saturated heterocycles. The number of fused-ring (bicyclic) bond motifs is 1. The summed E-state index contributed by atoms with van der Waals surface area (Å²) in [4.78, 5) is 7.00. The van der Waals surface area contributed by atoms with Crippen LogP contribution in [0.15, 0.2) is 18.2 Å². The number of aryl methyl sites for hydroxylation is 2. The van der Waals surface area contributed by atoms with Crippen molar-refractivity contribution in [2.75, 3.05) is 26.5 Å². The molecule has 110 valence electrons. The Balaban J connectivity index is 2.44. The van der Waals surface area contributed by atoms with Crippen LogP contribution in [0, 0.1) is 6.92 Å². The molecule has 0 aliphatic heterocycles. The smallest absolute Gasteiger partial charge is 0.111 e. The maximum absolute atomic E-state index is 5.95. The van der Waals surface area contributed by atoms with Gasteiger partial charge in [-0.1, -0.05) is 12.1 Å². The summed E-state index contributed by atoms with van der Waals surface area (Å²) < 4.78 is 2.39. The van der Waals surface area contributed by atoms with Gasteiger partial charge in [0.25, 0.3) is 0 Å². The molecule has 2 rings (SSSR count). The van der Waals surface area contributed by atoms with Gasteiger partial charge in [-0.2, -0.15) is 0 Å². The molecular formula is C16H24ClN3. The Morgan fingerprint density at radius 2 is 2.10 bits per heavy atom. The van der Waals surface area contributed by atoms with Gasteiger partial charge in [-0.05, 0) is 52.5 Å². The van der Waals surface area contributed by atoms with Gasteiger partial charge in [0.2, 0.25) is 0 Å². The van der Waals surface area contributed by atoms with E-state index in [0.717, 1.165) is 30.7 Å². The third-order valence-electron chi connectivity index (χ3n) is 3.74. The van der Waals surface area contributed by atoms with E-state index >= 15 is 0 Å². The minimum Gasteiger partial charge on any atom is -0.325 e. The summed E-state index contributed by atoms with van der Waals surface area (Å²) in [5, 5.41) is 0. The molecule has 0 bridgehead atoms. The largest absolute Gasteiger partial charge is 0.325 e. The minimum absolute atomic E-state index is 0.432. The predicted octanol–water partition coefficient (Wildman–Crippen LogP) is 3.64. The molecule has 1 atom stereocenters. The summed E-state index contributed by atoms with van der Waals surface area (Å²) in [6.07, 6.45) is 1.93. The van der Waals surface area contributed by atoms with Crippen molar-refractivity contribution in [3.8, 4) is 0 Å². The van der Waals surface area contributed by atoms with Gasteiger partial charge in [-0.25, -0.2) is 4.98 Å². The first kappa shape index (κ1) is 15.3. The van der Waals surface area contributed by atoms with Crippen LogP contribution in [0.5, 0.6) is 0 Å². The highest BCUT2D eigenvalue weighted by Crippen LogP contribution is 2.26. The van der Waals surface area contributed by atoms with Crippen LogP contribution in [0.25, 0.3) is 11.0 Å². The molecule has 0 spiro atoms. The lowest BCUT2D eigenvalue weighted by Crippen LogP contribution is -2.19. The number of aromatic nitrogens is 2. The van der Waals surface area contributed by atoms with Crippen LogP contribution in [-0.4, -0.2) is 41.0 Å². The van der Waals surface area contributed by atoms with E-state index in [4.69, 9.17) is 16.6 Å². The Kier molecular flexibility index (Phi) is 5.06. The summed E-state index contributed by atoms with van der Waals surface area (Å²) >= 11 is 5.95. The van der Waals surface area contributed by atoms with E-state index in [1.807, 2.05) is 0 Å². The third-order valence-corrected chi connectivity index (χ3v) is 3.93. The fourth-order valence-corrected chi connectivity index (χ4v) is 2.85. The van der Waals surface area contributed by atoms with Gasteiger partial charge in [-0.15, -0.1) is 11.6 Å². The number of hydrogen-bond donors (Lipinski definition) is 0. The van der Waals surface area contributed by atoms with Crippen LogP contribution in [0.2, 0.25) is 0 Å². The maximum Gasteiger partial charge on any atom is 0.111 e. The van der Waals surface area contributed by atoms with Crippen molar-refractivity contribution in [2.45, 2.75) is 32.7 Å². The third kappa shape index (κ3) is 3.15. The average molecular weight is 294 g/mol. The van der Waals surface area contributed by atoms with E-state index < -0.39 is 0 Å². The maximum atomic E-state index is 5.95. The van der Waals surface area contributed by atoms with Crippen molar-refractivity contribution in [3.05, 3.63) is 29.6 Å². The first-order valence-corrected chi connectivity index (χ1v) is 7.75. The molecule has 2 aromatic rings. The quantitative estimate of drug-likeness (QED) is 0.758. The Hall–Kier alpha value is -1.06. The molecule has 4 heteroatoms. The summed E-state index contributed by atoms with van der Waals surface area (Å²) in [5.74, 6) is 1.72. The van der Waals surface area contributed by atoms with Gasteiger partial charge in [0.15, 0.2) is 0 Å². The Morgan fingerprint density at radius 3 is 2.75 bits per heavy atom. The fraction of sp³-hybridized carbons (Fsp3) is 0.562. The van der Waals surface area contributed by atoms with Crippen molar-refractivity contribution < 1.29 is 0 Å². The average Bonchev–Trinajstić information content (AvgIpc) is 2.76. The standard InChI is InChI=1S/C16H24ClN3/c1-12-6-5-7-14-16(12)20(15(18-14)8-10-17)13(2)9-11-19(3)4/h5-7,13H,8-11H2,1-4H3. The van der Waals surface area contributed by atoms with Crippen molar-refractivity contribution >= 4 is 22.6 Å². The topological polar surface area (TPSA) is 21.1 Å². The lowest BCUT2D eigenvalue weighted by molar-refractivity contribution is 0.357. The normalized spacial score (nSPS) is 13.3. The van der Waals surface area contributed by atoms with E-state index in [9.17, 15) is 0 Å². The molecule has 0 amide bonds. The lowest BCUT2D eigenvalue weighted by atomic mass is 10.1. The first-order valence-electron chi connectivity index (χ1n) is 7.21. The van der Waals surface area contributed by atoms with Crippen molar-refractivity contribution in [1.29, 1.82) is 0 Å². The van der Waals surface area contributed by atoms with Crippen molar-refractivity contribution in [3.63, 3.8) is 0 Å². The van der Waals surface area contributed by atoms with E-state index in [1.165, 1.54) is 11.1 Å². The second-order valence-corrected chi connectivity index (χ2v) is 6.10. The molecule has 20 heavy (non-hydrogen) atoms. The molecule has 0 saturated carbocycles. The summed E-state index contributed by atoms with van der Waals surface area (Å²) in [7, 11) is 4.23. The van der Waals surface area contributed by atoms with Gasteiger partial charge in [-0.3, -0.25) is 0 Å². The summed E-state index contributed by atoms with van der Waals surface area (Å²) in [6.45, 7) is 5.51. The highest BCUT2D eigenvalue weighted by molar-refractivity contribution is 6.17. The van der Waals surface area contributed by atoms with Gasteiger partial charge < -0.3 is 9.47 Å². The summed E-state index contributed by atoms with van der Waals surface area (Å²) in [5.41, 5.74) is 3.63. The zero-order chi connectivity index (χ0) is 14.7. The second-order valence-electron chi connectivity index (χ2n) is 5.72. The molecular weight excluding hydrogens is 270 g/mol.